The molecule has 3 N–H and O–H groups in total. The van der Waals surface area contributed by atoms with Gasteiger partial charge >= 0.3 is 0 Å². The summed E-state index contributed by atoms with van der Waals surface area (Å²) < 4.78 is 25.4. The summed E-state index contributed by atoms with van der Waals surface area (Å²) in [6, 6.07) is 2.92. The van der Waals surface area contributed by atoms with Gasteiger partial charge in [-0.25, -0.2) is 8.78 Å². The standard InChI is InChI=1S/C11H14F2N2O/c1-2-10(14)11(16)15-6-7-3-4-8(12)9(13)5-7/h3-5,10H,2,6,14H2,1H3,(H,15,16)/t10-/m0/s1. The number of amides is 1. The predicted molar refractivity (Wildman–Crippen MR) is 56.5 cm³/mol. The van der Waals surface area contributed by atoms with Crippen molar-refractivity contribution in [2.45, 2.75) is 25.9 Å². The van der Waals surface area contributed by atoms with Crippen LogP contribution in [0.15, 0.2) is 18.2 Å². The van der Waals surface area contributed by atoms with Gasteiger partial charge in [-0.1, -0.05) is 13.0 Å². The highest BCUT2D eigenvalue weighted by Gasteiger charge is 2.10. The molecular formula is C11H14F2N2O. The third-order valence-electron chi connectivity index (χ3n) is 2.23. The second kappa shape index (κ2) is 5.55. The van der Waals surface area contributed by atoms with Crippen molar-refractivity contribution in [3.05, 3.63) is 35.4 Å². The van der Waals surface area contributed by atoms with Crippen molar-refractivity contribution < 1.29 is 13.6 Å². The third-order valence-corrected chi connectivity index (χ3v) is 2.23. The number of hydrogen-bond donors (Lipinski definition) is 2. The fraction of sp³-hybridized carbons (Fsp3) is 0.364. The second-order valence-corrected chi connectivity index (χ2v) is 3.48. The number of carbonyl (C=O) groups excluding carboxylic acids is 1. The number of halogens is 2. The van der Waals surface area contributed by atoms with Gasteiger partial charge in [0, 0.05) is 6.54 Å². The average molecular weight is 228 g/mol. The van der Waals surface area contributed by atoms with Crippen LogP contribution in [0.1, 0.15) is 18.9 Å². The summed E-state index contributed by atoms with van der Waals surface area (Å²) in [5, 5.41) is 2.54. The van der Waals surface area contributed by atoms with Crippen LogP contribution in [0.25, 0.3) is 0 Å². The van der Waals surface area contributed by atoms with Gasteiger partial charge in [0.1, 0.15) is 0 Å². The monoisotopic (exact) mass is 228 g/mol. The molecule has 0 saturated carbocycles. The molecule has 3 nitrogen and oxygen atoms in total. The highest BCUT2D eigenvalue weighted by atomic mass is 19.2. The van der Waals surface area contributed by atoms with Gasteiger partial charge in [0.05, 0.1) is 6.04 Å². The van der Waals surface area contributed by atoms with E-state index in [0.29, 0.717) is 12.0 Å². The van der Waals surface area contributed by atoms with Gasteiger partial charge in [0.25, 0.3) is 0 Å². The van der Waals surface area contributed by atoms with E-state index < -0.39 is 17.7 Å². The van der Waals surface area contributed by atoms with Crippen LogP contribution >= 0.6 is 0 Å². The Balaban J connectivity index is 2.55. The van der Waals surface area contributed by atoms with Crippen LogP contribution in [0, 0.1) is 11.6 Å². The Hall–Kier alpha value is -1.49. The van der Waals surface area contributed by atoms with E-state index in [1.165, 1.54) is 6.07 Å². The molecule has 1 rings (SSSR count). The number of nitrogens with one attached hydrogen (secondary N) is 1. The molecule has 0 aromatic heterocycles. The number of benzene rings is 1. The first-order valence-electron chi connectivity index (χ1n) is 5.01. The minimum absolute atomic E-state index is 0.143. The Bertz CT molecular complexity index is 382. The highest BCUT2D eigenvalue weighted by Crippen LogP contribution is 2.08. The van der Waals surface area contributed by atoms with Crippen molar-refractivity contribution in [1.29, 1.82) is 0 Å². The summed E-state index contributed by atoms with van der Waals surface area (Å²) >= 11 is 0. The summed E-state index contributed by atoms with van der Waals surface area (Å²) in [6.45, 7) is 1.94. The predicted octanol–water partition coefficient (Wildman–Crippen LogP) is 1.32. The Kier molecular flexibility index (Phi) is 4.37. The fourth-order valence-electron chi connectivity index (χ4n) is 1.16. The molecule has 0 saturated heterocycles. The lowest BCUT2D eigenvalue weighted by Gasteiger charge is -2.10. The van der Waals surface area contributed by atoms with Crippen LogP contribution in [0.4, 0.5) is 8.78 Å². The van der Waals surface area contributed by atoms with Gasteiger partial charge < -0.3 is 11.1 Å². The van der Waals surface area contributed by atoms with E-state index in [1.807, 2.05) is 0 Å². The van der Waals surface area contributed by atoms with Crippen molar-refractivity contribution >= 4 is 5.91 Å². The molecule has 0 aliphatic carbocycles. The zero-order valence-electron chi connectivity index (χ0n) is 8.97. The maximum Gasteiger partial charge on any atom is 0.237 e. The summed E-state index contributed by atoms with van der Waals surface area (Å²) in [5.41, 5.74) is 5.98. The number of rotatable bonds is 4. The molecule has 5 heteroatoms. The zero-order valence-corrected chi connectivity index (χ0v) is 8.97. The highest BCUT2D eigenvalue weighted by molar-refractivity contribution is 5.81. The minimum atomic E-state index is -0.925. The summed E-state index contributed by atoms with van der Waals surface area (Å²) in [5.74, 6) is -2.13. The van der Waals surface area contributed by atoms with E-state index in [9.17, 15) is 13.6 Å². The van der Waals surface area contributed by atoms with Gasteiger partial charge in [0.15, 0.2) is 11.6 Å². The maximum absolute atomic E-state index is 12.8. The molecule has 1 aromatic rings. The largest absolute Gasteiger partial charge is 0.351 e. The lowest BCUT2D eigenvalue weighted by atomic mass is 10.2. The van der Waals surface area contributed by atoms with E-state index >= 15 is 0 Å². The normalized spacial score (nSPS) is 12.2. The topological polar surface area (TPSA) is 55.1 Å². The molecule has 1 amide bonds. The Morgan fingerprint density at radius 2 is 2.12 bits per heavy atom. The van der Waals surface area contributed by atoms with E-state index in [0.717, 1.165) is 12.1 Å². The number of hydrogen-bond acceptors (Lipinski definition) is 2. The summed E-state index contributed by atoms with van der Waals surface area (Å²) in [7, 11) is 0. The van der Waals surface area contributed by atoms with Crippen LogP contribution in [0.5, 0.6) is 0 Å². The molecule has 0 unspecified atom stereocenters. The molecular weight excluding hydrogens is 214 g/mol. The zero-order chi connectivity index (χ0) is 12.1. The van der Waals surface area contributed by atoms with Gasteiger partial charge in [-0.15, -0.1) is 0 Å². The Labute approximate surface area is 92.6 Å². The molecule has 0 aliphatic rings. The fourth-order valence-corrected chi connectivity index (χ4v) is 1.16. The lowest BCUT2D eigenvalue weighted by molar-refractivity contribution is -0.122. The van der Waals surface area contributed by atoms with Crippen LogP contribution < -0.4 is 11.1 Å². The van der Waals surface area contributed by atoms with Crippen LogP contribution in [-0.2, 0) is 11.3 Å². The van der Waals surface area contributed by atoms with Crippen LogP contribution in [0.2, 0.25) is 0 Å². The molecule has 16 heavy (non-hydrogen) atoms. The van der Waals surface area contributed by atoms with Crippen LogP contribution in [0.3, 0.4) is 0 Å². The molecule has 0 heterocycles. The SMILES string of the molecule is CC[C@H](N)C(=O)NCc1ccc(F)c(F)c1. The molecule has 1 atom stereocenters. The molecule has 1 aromatic carbocycles. The second-order valence-electron chi connectivity index (χ2n) is 3.48. The van der Waals surface area contributed by atoms with E-state index in [-0.39, 0.29) is 12.5 Å². The van der Waals surface area contributed by atoms with E-state index in [2.05, 4.69) is 5.32 Å². The van der Waals surface area contributed by atoms with E-state index in [4.69, 9.17) is 5.73 Å². The first-order valence-corrected chi connectivity index (χ1v) is 5.01. The Morgan fingerprint density at radius 3 is 2.69 bits per heavy atom. The molecule has 88 valence electrons. The molecule has 0 aliphatic heterocycles. The quantitative estimate of drug-likeness (QED) is 0.816. The lowest BCUT2D eigenvalue weighted by Crippen LogP contribution is -2.39. The van der Waals surface area contributed by atoms with Gasteiger partial charge in [0.2, 0.25) is 5.91 Å². The maximum atomic E-state index is 12.8. The first-order chi connectivity index (χ1) is 7.54. The molecule has 0 bridgehead atoms. The molecule has 0 fully saturated rings. The van der Waals surface area contributed by atoms with Crippen molar-refractivity contribution in [2.75, 3.05) is 0 Å². The van der Waals surface area contributed by atoms with E-state index in [1.54, 1.807) is 6.92 Å². The van der Waals surface area contributed by atoms with Gasteiger partial charge in [-0.2, -0.15) is 0 Å². The first kappa shape index (κ1) is 12.6. The average Bonchev–Trinajstić information content (AvgIpc) is 2.29. The smallest absolute Gasteiger partial charge is 0.237 e. The van der Waals surface area contributed by atoms with Crippen LogP contribution in [-0.4, -0.2) is 11.9 Å². The van der Waals surface area contributed by atoms with Crippen molar-refractivity contribution in [3.8, 4) is 0 Å². The van der Waals surface area contributed by atoms with Crippen molar-refractivity contribution in [1.82, 2.24) is 5.32 Å². The molecule has 0 spiro atoms. The summed E-state index contributed by atoms with van der Waals surface area (Å²) in [4.78, 5) is 11.3. The molecule has 0 radical (unpaired) electrons. The third kappa shape index (κ3) is 3.27. The van der Waals surface area contributed by atoms with Crippen molar-refractivity contribution in [3.63, 3.8) is 0 Å². The van der Waals surface area contributed by atoms with Gasteiger partial charge in [-0.05, 0) is 24.1 Å². The van der Waals surface area contributed by atoms with Gasteiger partial charge in [-0.3, -0.25) is 4.79 Å². The Morgan fingerprint density at radius 1 is 1.44 bits per heavy atom. The van der Waals surface area contributed by atoms with Crippen molar-refractivity contribution in [2.24, 2.45) is 5.73 Å². The number of carbonyl (C=O) groups is 1. The summed E-state index contributed by atoms with van der Waals surface area (Å²) in [6.07, 6.45) is 0.531. The number of nitrogens with two attached hydrogens (primary N) is 1. The minimum Gasteiger partial charge on any atom is -0.351 e.